The zero-order valence-corrected chi connectivity index (χ0v) is 16.8. The molecule has 0 bridgehead atoms. The van der Waals surface area contributed by atoms with E-state index in [-0.39, 0.29) is 11.8 Å². The van der Waals surface area contributed by atoms with Crippen LogP contribution in [0.1, 0.15) is 47.8 Å². The van der Waals surface area contributed by atoms with Crippen LogP contribution in [0.4, 0.5) is 14.5 Å². The van der Waals surface area contributed by atoms with Crippen molar-refractivity contribution in [2.75, 3.05) is 5.32 Å². The predicted molar refractivity (Wildman–Crippen MR) is 111 cm³/mol. The summed E-state index contributed by atoms with van der Waals surface area (Å²) in [5, 5.41) is 20.9. The molecule has 2 heterocycles. The van der Waals surface area contributed by atoms with Crippen LogP contribution in [0.5, 0.6) is 0 Å². The number of alkyl halides is 2. The minimum atomic E-state index is -2.75. The van der Waals surface area contributed by atoms with E-state index in [2.05, 4.69) is 21.6 Å². The van der Waals surface area contributed by atoms with Crippen LogP contribution in [0, 0.1) is 11.3 Å². The molecule has 4 rings (SSSR count). The molecular weight excluding hydrogens is 402 g/mol. The van der Waals surface area contributed by atoms with Gasteiger partial charge in [0, 0.05) is 16.6 Å². The molecule has 7 nitrogen and oxygen atoms in total. The number of carbonyl (C=O) groups excluding carboxylic acids is 1. The highest BCUT2D eigenvalue weighted by atomic mass is 19.3. The number of rotatable bonds is 5. The summed E-state index contributed by atoms with van der Waals surface area (Å²) < 4.78 is 27.7. The third-order valence-electron chi connectivity index (χ3n) is 4.91. The molecular formula is C22H18F2N6O. The molecule has 0 radical (unpaired) electrons. The highest BCUT2D eigenvalue weighted by Gasteiger charge is 2.18. The number of hydrogen-bond donors (Lipinski definition) is 1. The molecule has 2 aromatic carbocycles. The van der Waals surface area contributed by atoms with Gasteiger partial charge in [-0.05, 0) is 41.8 Å². The Labute approximate surface area is 176 Å². The van der Waals surface area contributed by atoms with Crippen molar-refractivity contribution in [3.63, 3.8) is 0 Å². The van der Waals surface area contributed by atoms with E-state index in [4.69, 9.17) is 0 Å². The minimum Gasteiger partial charge on any atom is -0.322 e. The molecule has 4 aromatic rings. The Bertz CT molecular complexity index is 1320. The summed E-state index contributed by atoms with van der Waals surface area (Å²) >= 11 is 0. The maximum absolute atomic E-state index is 13.0. The van der Waals surface area contributed by atoms with E-state index in [9.17, 15) is 18.8 Å². The molecule has 1 N–H and O–H groups in total. The van der Waals surface area contributed by atoms with Crippen molar-refractivity contribution in [3.8, 4) is 11.8 Å². The van der Waals surface area contributed by atoms with Crippen LogP contribution in [-0.2, 0) is 0 Å². The Balaban J connectivity index is 1.69. The molecule has 1 amide bonds. The van der Waals surface area contributed by atoms with Crippen LogP contribution < -0.4 is 5.32 Å². The number of hydrogen-bond acceptors (Lipinski definition) is 4. The number of anilines is 1. The van der Waals surface area contributed by atoms with E-state index in [0.29, 0.717) is 38.3 Å². The van der Waals surface area contributed by atoms with Gasteiger partial charge in [0.2, 0.25) is 0 Å². The number of aromatic nitrogens is 4. The van der Waals surface area contributed by atoms with Gasteiger partial charge >= 0.3 is 6.55 Å². The molecule has 9 heteroatoms. The van der Waals surface area contributed by atoms with Crippen LogP contribution in [0.3, 0.4) is 0 Å². The molecule has 0 atom stereocenters. The van der Waals surface area contributed by atoms with E-state index in [1.807, 2.05) is 13.8 Å². The lowest BCUT2D eigenvalue weighted by atomic mass is 9.92. The average molecular weight is 420 g/mol. The molecule has 0 spiro atoms. The lowest BCUT2D eigenvalue weighted by Gasteiger charge is -2.14. The molecule has 0 aliphatic carbocycles. The second-order valence-corrected chi connectivity index (χ2v) is 7.27. The van der Waals surface area contributed by atoms with Gasteiger partial charge in [0.1, 0.15) is 5.69 Å². The first-order chi connectivity index (χ1) is 14.9. The van der Waals surface area contributed by atoms with Crippen molar-refractivity contribution in [2.24, 2.45) is 0 Å². The lowest BCUT2D eigenvalue weighted by molar-refractivity contribution is 0.0566. The van der Waals surface area contributed by atoms with Crippen molar-refractivity contribution in [3.05, 3.63) is 71.7 Å². The van der Waals surface area contributed by atoms with Gasteiger partial charge < -0.3 is 5.32 Å². The van der Waals surface area contributed by atoms with Crippen LogP contribution in [0.25, 0.3) is 16.6 Å². The zero-order valence-electron chi connectivity index (χ0n) is 16.8. The fraction of sp³-hybridized carbons (Fsp3) is 0.182. The molecule has 0 unspecified atom stereocenters. The third kappa shape index (κ3) is 3.75. The Kier molecular flexibility index (Phi) is 5.21. The Morgan fingerprint density at radius 2 is 1.97 bits per heavy atom. The van der Waals surface area contributed by atoms with E-state index in [1.165, 1.54) is 17.1 Å². The Morgan fingerprint density at radius 1 is 1.16 bits per heavy atom. The highest BCUT2D eigenvalue weighted by molar-refractivity contribution is 6.06. The van der Waals surface area contributed by atoms with Crippen molar-refractivity contribution < 1.29 is 13.6 Å². The predicted octanol–water partition coefficient (Wildman–Crippen LogP) is 4.86. The number of nitriles is 1. The second kappa shape index (κ2) is 7.99. The number of nitrogens with zero attached hydrogens (tertiary/aromatic N) is 5. The van der Waals surface area contributed by atoms with Crippen LogP contribution in [0.2, 0.25) is 0 Å². The molecule has 156 valence electrons. The maximum atomic E-state index is 13.0. The topological polar surface area (TPSA) is 88.5 Å². The van der Waals surface area contributed by atoms with Crippen LogP contribution >= 0.6 is 0 Å². The van der Waals surface area contributed by atoms with Crippen molar-refractivity contribution >= 4 is 22.5 Å². The average Bonchev–Trinajstić information content (AvgIpc) is 3.39. The lowest BCUT2D eigenvalue weighted by Crippen LogP contribution is -2.16. The standard InChI is InChI=1S/C22H18F2N6O/c1-13(2)20-14(9-25)4-3-5-18(20)21(31)28-16-7-6-15-10-27-30(19(15)8-16)17-11-26-29(12-17)22(23)24/h3-8,10-13,22H,1-2H3,(H,28,31). The molecule has 31 heavy (non-hydrogen) atoms. The summed E-state index contributed by atoms with van der Waals surface area (Å²) in [5.41, 5.74) is 3.10. The fourth-order valence-electron chi connectivity index (χ4n) is 3.53. The van der Waals surface area contributed by atoms with Gasteiger partial charge in [0.05, 0.1) is 35.7 Å². The van der Waals surface area contributed by atoms with E-state index in [0.717, 1.165) is 5.39 Å². The Hall–Kier alpha value is -4.06. The van der Waals surface area contributed by atoms with Crippen molar-refractivity contribution in [1.29, 1.82) is 5.26 Å². The Morgan fingerprint density at radius 3 is 2.65 bits per heavy atom. The quantitative estimate of drug-likeness (QED) is 0.499. The summed E-state index contributed by atoms with van der Waals surface area (Å²) in [6, 6.07) is 12.4. The smallest absolute Gasteiger partial charge is 0.322 e. The zero-order chi connectivity index (χ0) is 22.1. The first-order valence-electron chi connectivity index (χ1n) is 9.54. The summed E-state index contributed by atoms with van der Waals surface area (Å²) in [6.45, 7) is 1.11. The third-order valence-corrected chi connectivity index (χ3v) is 4.91. The number of amides is 1. The van der Waals surface area contributed by atoms with Gasteiger partial charge in [-0.15, -0.1) is 0 Å². The first-order valence-corrected chi connectivity index (χ1v) is 9.54. The van der Waals surface area contributed by atoms with Gasteiger partial charge in [-0.25, -0.2) is 9.36 Å². The van der Waals surface area contributed by atoms with Gasteiger partial charge in [0.25, 0.3) is 5.91 Å². The SMILES string of the molecule is CC(C)c1c(C#N)cccc1C(=O)Nc1ccc2cnn(-c3cnn(C(F)F)c3)c2c1. The van der Waals surface area contributed by atoms with Crippen LogP contribution in [-0.4, -0.2) is 25.5 Å². The van der Waals surface area contributed by atoms with Gasteiger partial charge in [0.15, 0.2) is 0 Å². The maximum Gasteiger partial charge on any atom is 0.333 e. The fourth-order valence-corrected chi connectivity index (χ4v) is 3.53. The largest absolute Gasteiger partial charge is 0.333 e. The number of carbonyl (C=O) groups is 1. The van der Waals surface area contributed by atoms with Crippen molar-refractivity contribution in [1.82, 2.24) is 19.6 Å². The highest BCUT2D eigenvalue weighted by Crippen LogP contribution is 2.26. The summed E-state index contributed by atoms with van der Waals surface area (Å²) in [7, 11) is 0. The van der Waals surface area contributed by atoms with Gasteiger partial charge in [-0.3, -0.25) is 4.79 Å². The van der Waals surface area contributed by atoms with Crippen molar-refractivity contribution in [2.45, 2.75) is 26.3 Å². The molecule has 0 aliphatic rings. The normalized spacial score (nSPS) is 11.3. The summed E-state index contributed by atoms with van der Waals surface area (Å²) in [5.74, 6) is -0.344. The second-order valence-electron chi connectivity index (χ2n) is 7.27. The molecule has 0 aliphatic heterocycles. The minimum absolute atomic E-state index is 0.00752. The van der Waals surface area contributed by atoms with Gasteiger partial charge in [-0.1, -0.05) is 19.9 Å². The van der Waals surface area contributed by atoms with E-state index in [1.54, 1.807) is 42.6 Å². The monoisotopic (exact) mass is 420 g/mol. The van der Waals surface area contributed by atoms with Gasteiger partial charge in [-0.2, -0.15) is 24.2 Å². The number of nitrogens with one attached hydrogen (secondary N) is 1. The number of fused-ring (bicyclic) bond motifs is 1. The summed E-state index contributed by atoms with van der Waals surface area (Å²) in [6.07, 6.45) is 4.10. The summed E-state index contributed by atoms with van der Waals surface area (Å²) in [4.78, 5) is 13.0. The van der Waals surface area contributed by atoms with E-state index < -0.39 is 6.55 Å². The molecule has 0 fully saturated rings. The molecule has 0 saturated heterocycles. The first kappa shape index (κ1) is 20.2. The number of halogens is 2. The molecule has 0 saturated carbocycles. The molecule has 2 aromatic heterocycles. The van der Waals surface area contributed by atoms with Crippen LogP contribution in [0.15, 0.2) is 55.0 Å². The van der Waals surface area contributed by atoms with E-state index >= 15 is 0 Å². The number of benzene rings is 2.